The van der Waals surface area contributed by atoms with Crippen LogP contribution in [0.3, 0.4) is 0 Å². The van der Waals surface area contributed by atoms with Gasteiger partial charge in [-0.25, -0.2) is 0 Å². The molecule has 5 rings (SSSR count). The molecule has 2 aromatic heterocycles. The van der Waals surface area contributed by atoms with Gasteiger partial charge >= 0.3 is 0 Å². The van der Waals surface area contributed by atoms with Crippen LogP contribution in [0.5, 0.6) is 0 Å². The lowest BCUT2D eigenvalue weighted by atomic mass is 10.1. The second-order valence-electron chi connectivity index (χ2n) is 8.00. The first-order chi connectivity index (χ1) is 14.5. The predicted octanol–water partition coefficient (Wildman–Crippen LogP) is 3.43. The fourth-order valence-electron chi connectivity index (χ4n) is 4.46. The maximum Gasteiger partial charge on any atom is 0.255 e. The van der Waals surface area contributed by atoms with E-state index in [0.717, 1.165) is 40.2 Å². The molecule has 30 heavy (non-hydrogen) atoms. The largest absolute Gasteiger partial charge is 0.347 e. The molecule has 0 saturated carbocycles. The smallest absolute Gasteiger partial charge is 0.255 e. The van der Waals surface area contributed by atoms with Crippen LogP contribution in [0.2, 0.25) is 0 Å². The highest BCUT2D eigenvalue weighted by Gasteiger charge is 2.20. The van der Waals surface area contributed by atoms with Crippen molar-refractivity contribution in [3.05, 3.63) is 79.6 Å². The molecule has 6 nitrogen and oxygen atoms in total. The molecule has 3 aromatic rings. The number of hydrazine groups is 1. The van der Waals surface area contributed by atoms with E-state index in [-0.39, 0.29) is 5.56 Å². The lowest BCUT2D eigenvalue weighted by Crippen LogP contribution is -2.30. The predicted molar refractivity (Wildman–Crippen MR) is 130 cm³/mol. The van der Waals surface area contributed by atoms with Gasteiger partial charge in [0.15, 0.2) is 0 Å². The molecule has 0 atom stereocenters. The second kappa shape index (κ2) is 7.63. The van der Waals surface area contributed by atoms with Gasteiger partial charge in [-0.2, -0.15) is 0 Å². The summed E-state index contributed by atoms with van der Waals surface area (Å²) < 4.78 is 5.03. The average molecular weight is 513 g/mol. The van der Waals surface area contributed by atoms with Crippen molar-refractivity contribution in [2.45, 2.75) is 19.4 Å². The van der Waals surface area contributed by atoms with Gasteiger partial charge in [0.05, 0.1) is 20.6 Å². The molecule has 2 aliphatic rings. The van der Waals surface area contributed by atoms with Crippen LogP contribution < -0.4 is 16.4 Å². The minimum absolute atomic E-state index is 0.0469. The highest BCUT2D eigenvalue weighted by Crippen LogP contribution is 2.30. The number of nitrogens with one attached hydrogen (secondary N) is 2. The Kier molecular flexibility index (Phi) is 4.94. The Bertz CT molecular complexity index is 1270. The maximum absolute atomic E-state index is 12.9. The number of hydrogen-bond acceptors (Lipinski definition) is 4. The van der Waals surface area contributed by atoms with E-state index in [1.54, 1.807) is 10.6 Å². The highest BCUT2D eigenvalue weighted by molar-refractivity contribution is 14.1. The van der Waals surface area contributed by atoms with Gasteiger partial charge in [0.1, 0.15) is 0 Å². The number of rotatable bonds is 2. The van der Waals surface area contributed by atoms with Gasteiger partial charge in [-0.15, -0.1) is 0 Å². The van der Waals surface area contributed by atoms with Crippen LogP contribution in [0.25, 0.3) is 22.3 Å². The van der Waals surface area contributed by atoms with Crippen molar-refractivity contribution in [1.82, 2.24) is 24.9 Å². The molecular weight excluding hydrogens is 489 g/mol. The van der Waals surface area contributed by atoms with Crippen molar-refractivity contribution in [2.75, 3.05) is 13.6 Å². The van der Waals surface area contributed by atoms with E-state index in [4.69, 9.17) is 0 Å². The summed E-state index contributed by atoms with van der Waals surface area (Å²) >= 11 is 2.20. The van der Waals surface area contributed by atoms with Crippen LogP contribution in [-0.2, 0) is 20.0 Å². The van der Waals surface area contributed by atoms with Crippen molar-refractivity contribution in [3.8, 4) is 5.69 Å². The van der Waals surface area contributed by atoms with Crippen LogP contribution in [0.4, 0.5) is 0 Å². The van der Waals surface area contributed by atoms with Crippen LogP contribution in [0, 0.1) is 0 Å². The summed E-state index contributed by atoms with van der Waals surface area (Å²) in [5.41, 5.74) is 12.8. The summed E-state index contributed by atoms with van der Waals surface area (Å²) in [6.45, 7) is 2.11. The van der Waals surface area contributed by atoms with Crippen molar-refractivity contribution in [2.24, 2.45) is 7.05 Å². The van der Waals surface area contributed by atoms with E-state index < -0.39 is 0 Å². The number of halogens is 1. The fraction of sp³-hybridized carbons (Fsp3) is 0.261. The van der Waals surface area contributed by atoms with Gasteiger partial charge in [-0.1, -0.05) is 6.07 Å². The Hall–Kier alpha value is -2.52. The fourth-order valence-corrected chi connectivity index (χ4v) is 4.78. The van der Waals surface area contributed by atoms with Crippen molar-refractivity contribution in [1.29, 1.82) is 0 Å². The number of hydrogen-bond donors (Lipinski definition) is 2. The Morgan fingerprint density at radius 3 is 2.70 bits per heavy atom. The van der Waals surface area contributed by atoms with E-state index in [2.05, 4.69) is 75.2 Å². The van der Waals surface area contributed by atoms with Crippen molar-refractivity contribution in [3.63, 3.8) is 0 Å². The minimum atomic E-state index is -0.0469. The molecule has 0 aliphatic carbocycles. The summed E-state index contributed by atoms with van der Waals surface area (Å²) in [7, 11) is 4.33. The number of aryl methyl sites for hydroxylation is 1. The first-order valence-electron chi connectivity index (χ1n) is 10.1. The molecule has 0 spiro atoms. The molecule has 7 heteroatoms. The van der Waals surface area contributed by atoms with Gasteiger partial charge in [-0.05, 0) is 84.9 Å². The van der Waals surface area contributed by atoms with Crippen molar-refractivity contribution < 1.29 is 0 Å². The molecule has 0 radical (unpaired) electrons. The molecule has 0 amide bonds. The van der Waals surface area contributed by atoms with Crippen LogP contribution in [0.1, 0.15) is 23.2 Å². The normalized spacial score (nSPS) is 16.9. The molecular formula is C23H24IN5O. The first-order valence-corrected chi connectivity index (χ1v) is 11.2. The zero-order chi connectivity index (χ0) is 20.8. The summed E-state index contributed by atoms with van der Waals surface area (Å²) in [4.78, 5) is 15.3. The van der Waals surface area contributed by atoms with E-state index in [1.165, 1.54) is 28.6 Å². The van der Waals surface area contributed by atoms with E-state index in [0.29, 0.717) is 0 Å². The molecule has 0 fully saturated rings. The third-order valence-electron chi connectivity index (χ3n) is 6.02. The molecule has 0 unspecified atom stereocenters. The topological polar surface area (TPSA) is 54.2 Å². The summed E-state index contributed by atoms with van der Waals surface area (Å²) in [5, 5.41) is 1.29. The molecule has 4 heterocycles. The molecule has 1 aromatic carbocycles. The molecule has 0 bridgehead atoms. The van der Waals surface area contributed by atoms with Crippen LogP contribution in [0.15, 0.2) is 57.2 Å². The Labute approximate surface area is 189 Å². The Morgan fingerprint density at radius 1 is 1.07 bits per heavy atom. The lowest BCUT2D eigenvalue weighted by molar-refractivity contribution is 0.333. The lowest BCUT2D eigenvalue weighted by Gasteiger charge is -2.17. The molecule has 2 aliphatic heterocycles. The molecule has 2 N–H and O–H groups in total. The SMILES string of the molecule is CN1CCCc2c(c3ccc(-n4ccc(C5=CC=C(I)NN5)cc4=O)cc3n2C)C1. The first kappa shape index (κ1) is 19.4. The van der Waals surface area contributed by atoms with Gasteiger partial charge in [0, 0.05) is 42.5 Å². The van der Waals surface area contributed by atoms with Crippen LogP contribution in [-0.4, -0.2) is 27.6 Å². The van der Waals surface area contributed by atoms with Crippen molar-refractivity contribution >= 4 is 39.2 Å². The maximum atomic E-state index is 12.9. The Morgan fingerprint density at radius 2 is 1.93 bits per heavy atom. The van der Waals surface area contributed by atoms with Crippen LogP contribution >= 0.6 is 22.6 Å². The highest BCUT2D eigenvalue weighted by atomic mass is 127. The van der Waals surface area contributed by atoms with E-state index >= 15 is 0 Å². The number of benzene rings is 1. The third kappa shape index (κ3) is 3.35. The number of nitrogens with zero attached hydrogens (tertiary/aromatic N) is 3. The molecule has 154 valence electrons. The summed E-state index contributed by atoms with van der Waals surface area (Å²) in [6.07, 6.45) is 8.07. The summed E-state index contributed by atoms with van der Waals surface area (Å²) in [5.74, 6) is 0. The number of fused-ring (bicyclic) bond motifs is 3. The van der Waals surface area contributed by atoms with Gasteiger partial charge in [-0.3, -0.25) is 20.2 Å². The standard InChI is InChI=1S/C23H24IN5O/c1-27-10-3-4-20-18(14-27)17-6-5-16(13-21(17)28(20)2)29-11-9-15(12-23(29)30)19-7-8-22(24)26-25-19/h5-9,11-13,25-26H,3-4,10,14H2,1-2H3. The molecule has 0 saturated heterocycles. The number of aromatic nitrogens is 2. The Balaban J connectivity index is 1.56. The third-order valence-corrected chi connectivity index (χ3v) is 6.65. The zero-order valence-electron chi connectivity index (χ0n) is 17.1. The van der Waals surface area contributed by atoms with E-state index in [1.807, 2.05) is 24.4 Å². The number of allylic oxidation sites excluding steroid dienone is 2. The number of pyridine rings is 1. The zero-order valence-corrected chi connectivity index (χ0v) is 19.2. The average Bonchev–Trinajstić information content (AvgIpc) is 2.88. The van der Waals surface area contributed by atoms with E-state index in [9.17, 15) is 4.79 Å². The van der Waals surface area contributed by atoms with Gasteiger partial charge < -0.3 is 9.47 Å². The quantitative estimate of drug-likeness (QED) is 0.408. The monoisotopic (exact) mass is 513 g/mol. The van der Waals surface area contributed by atoms with Gasteiger partial charge in [0.25, 0.3) is 5.56 Å². The van der Waals surface area contributed by atoms with Gasteiger partial charge in [0.2, 0.25) is 0 Å². The second-order valence-corrected chi connectivity index (χ2v) is 9.16. The minimum Gasteiger partial charge on any atom is -0.347 e. The summed E-state index contributed by atoms with van der Waals surface area (Å²) in [6, 6.07) is 10.00.